The van der Waals surface area contributed by atoms with Gasteiger partial charge in [-0.1, -0.05) is 12.1 Å². The molecule has 0 amide bonds. The fraction of sp³-hybridized carbons (Fsp3) is 0.364. The van der Waals surface area contributed by atoms with E-state index < -0.39 is 147 Å². The number of rotatable bonds is 20. The van der Waals surface area contributed by atoms with E-state index in [1.54, 1.807) is 0 Å². The van der Waals surface area contributed by atoms with Gasteiger partial charge in [0.15, 0.2) is 64.5 Å². The first-order valence-corrected chi connectivity index (χ1v) is 25.1. The van der Waals surface area contributed by atoms with Crippen LogP contribution in [0.1, 0.15) is 17.5 Å². The van der Waals surface area contributed by atoms with Gasteiger partial charge in [0.25, 0.3) is 0 Å². The smallest absolute Gasteiger partial charge is 0.508 e. The van der Waals surface area contributed by atoms with Gasteiger partial charge in [-0.15, -0.1) is 0 Å². The Kier molecular flexibility index (Phi) is 19.5. The lowest BCUT2D eigenvalue weighted by molar-refractivity contribution is -0.345. The third kappa shape index (κ3) is 14.6. The molecule has 14 atom stereocenters. The molecule has 4 aliphatic heterocycles. The number of hydrogen-bond acceptors (Lipinski definition) is 26. The number of benzene rings is 4. The van der Waals surface area contributed by atoms with Gasteiger partial charge >= 0.3 is 23.9 Å². The highest BCUT2D eigenvalue weighted by atomic mass is 16.8. The number of esters is 3. The molecule has 0 spiro atoms. The zero-order valence-corrected chi connectivity index (χ0v) is 43.6. The molecule has 0 saturated carbocycles. The molecular formula is C55H57O28+. The second kappa shape index (κ2) is 26.7. The molecule has 3 saturated heterocycles. The van der Waals surface area contributed by atoms with E-state index in [0.717, 1.165) is 24.3 Å². The number of methoxy groups -OCH3 is 2. The summed E-state index contributed by atoms with van der Waals surface area (Å²) in [6.45, 7) is -2.19. The molecule has 444 valence electrons. The Morgan fingerprint density at radius 2 is 1.24 bits per heavy atom. The SMILES string of the molecule is COc1cc(C=CC(=O)O[C@H]2[C@H](O[C@H]3[C@H](Oc4cc5c(O[C@@H]6O[C@H](COC(=O)CC(=O)O)[C@@H](O)[C@H](O)[C@H]6O)cc(=O)cc-5oc4-c4ccc(O)cc4)O[C@H](COC(=[OH+])C=Cc4ccc(O)c(OC)c4)[C@@H](O)[C@@H]3O)OC[C@@H](O)[C@@H]2O)ccc1O. The van der Waals surface area contributed by atoms with Gasteiger partial charge in [0.05, 0.1) is 32.5 Å². The quantitative estimate of drug-likeness (QED) is 0.0159. The van der Waals surface area contributed by atoms with E-state index in [0.29, 0.717) is 11.1 Å². The lowest BCUT2D eigenvalue weighted by Gasteiger charge is -2.44. The van der Waals surface area contributed by atoms with E-state index in [2.05, 4.69) is 0 Å². The Morgan fingerprint density at radius 1 is 0.639 bits per heavy atom. The molecule has 0 bridgehead atoms. The fourth-order valence-electron chi connectivity index (χ4n) is 8.67. The molecule has 3 fully saturated rings. The van der Waals surface area contributed by atoms with E-state index >= 15 is 0 Å². The Balaban J connectivity index is 1.14. The molecule has 5 aliphatic rings. The van der Waals surface area contributed by atoms with Crippen LogP contribution in [0.25, 0.3) is 34.8 Å². The minimum atomic E-state index is -2.11. The van der Waals surface area contributed by atoms with E-state index in [-0.39, 0.29) is 57.1 Å². The van der Waals surface area contributed by atoms with Crippen molar-refractivity contribution in [3.63, 3.8) is 0 Å². The van der Waals surface area contributed by atoms with Crippen molar-refractivity contribution in [3.05, 3.63) is 112 Å². The molecule has 0 aromatic heterocycles. The number of aromatic hydroxyl groups is 3. The average molecular weight is 1170 g/mol. The number of phenols is 3. The number of carbonyl (C=O) groups excluding carboxylic acids is 3. The van der Waals surface area contributed by atoms with Crippen LogP contribution in [0.15, 0.2) is 100 Å². The first kappa shape index (κ1) is 60.7. The second-order valence-corrected chi connectivity index (χ2v) is 18.8. The van der Waals surface area contributed by atoms with Gasteiger partial charge in [-0.25, -0.2) is 4.79 Å². The molecule has 3 aromatic carbocycles. The molecular weight excluding hydrogens is 1110 g/mol. The number of carboxylic acids is 1. The summed E-state index contributed by atoms with van der Waals surface area (Å²) < 4.78 is 68.7. The molecule has 3 aromatic rings. The highest BCUT2D eigenvalue weighted by Crippen LogP contribution is 2.44. The van der Waals surface area contributed by atoms with Crippen molar-refractivity contribution in [2.24, 2.45) is 0 Å². The van der Waals surface area contributed by atoms with Crippen LogP contribution in [0, 0.1) is 0 Å². The van der Waals surface area contributed by atoms with Gasteiger partial charge in [-0.05, 0) is 77.9 Å². The van der Waals surface area contributed by atoms with Gasteiger partial charge in [-0.3, -0.25) is 14.4 Å². The zero-order valence-electron chi connectivity index (χ0n) is 43.6. The van der Waals surface area contributed by atoms with Crippen LogP contribution in [-0.4, -0.2) is 205 Å². The lowest BCUT2D eigenvalue weighted by Crippen LogP contribution is -2.64. The Hall–Kier alpha value is -8.39. The number of ether oxygens (including phenoxy) is 11. The molecule has 28 heteroatoms. The third-order valence-corrected chi connectivity index (χ3v) is 13.0. The summed E-state index contributed by atoms with van der Waals surface area (Å²) in [6, 6.07) is 16.8. The van der Waals surface area contributed by atoms with Crippen LogP contribution in [0.5, 0.6) is 40.2 Å². The number of carboxylic acid groups (broad SMARTS) is 1. The molecule has 4 heterocycles. The number of aliphatic hydroxyl groups excluding tert-OH is 7. The van der Waals surface area contributed by atoms with Gasteiger partial charge < -0.3 is 117 Å². The highest BCUT2D eigenvalue weighted by Gasteiger charge is 2.53. The molecule has 12 N–H and O–H groups in total. The van der Waals surface area contributed by atoms with Gasteiger partial charge in [0, 0.05) is 23.8 Å². The summed E-state index contributed by atoms with van der Waals surface area (Å²) >= 11 is 0. The summed E-state index contributed by atoms with van der Waals surface area (Å²) in [5.41, 5.74) is 0.0273. The lowest BCUT2D eigenvalue weighted by atomic mass is 9.98. The van der Waals surface area contributed by atoms with Crippen LogP contribution in [-0.2, 0) is 47.5 Å². The number of phenolic OH excluding ortho intramolecular Hbond substituents is 3. The van der Waals surface area contributed by atoms with E-state index in [1.165, 1.54) is 93.1 Å². The van der Waals surface area contributed by atoms with Crippen molar-refractivity contribution in [1.29, 1.82) is 0 Å². The first-order valence-electron chi connectivity index (χ1n) is 25.1. The number of aliphatic hydroxyl groups is 7. The van der Waals surface area contributed by atoms with Crippen molar-refractivity contribution >= 4 is 36.0 Å². The Bertz CT molecular complexity index is 3190. The number of aliphatic carboxylic acids is 1. The highest BCUT2D eigenvalue weighted by molar-refractivity contribution is 5.90. The predicted molar refractivity (Wildman–Crippen MR) is 277 cm³/mol. The van der Waals surface area contributed by atoms with E-state index in [4.69, 9.17) is 61.6 Å². The maximum Gasteiger partial charge on any atom is 0.510 e. The van der Waals surface area contributed by atoms with Gasteiger partial charge in [0.1, 0.15) is 79.1 Å². The largest absolute Gasteiger partial charge is 0.510 e. The van der Waals surface area contributed by atoms with Crippen molar-refractivity contribution in [2.45, 2.75) is 92.4 Å². The van der Waals surface area contributed by atoms with Crippen molar-refractivity contribution < 1.29 is 132 Å². The Labute approximate surface area is 468 Å². The van der Waals surface area contributed by atoms with E-state index in [9.17, 15) is 75.0 Å². The van der Waals surface area contributed by atoms with Crippen LogP contribution in [0.4, 0.5) is 0 Å². The standard InChI is InChI=1S/C55H56O28/c1-72-35-15-24(3-11-30(35)58)5-13-41(63)74-22-39-46(68)48(70)52(83-54-51(44(66)32(60)21-76-54)82-42(64)14-6-25-4-12-31(59)36(16-25)73-2)55(81-39)79-37-19-29-33(77-50(37)26-7-9-27(56)10-8-26)17-28(57)18-34(29)78-53-49(71)47(69)45(67)38(80-53)23-75-43(65)20-40(61)62/h3-19,32,38-39,44-49,51-56,58-60,66-71H,20-23H2,1-2H3,(H,61,62)/p+1/t32-,38-,39-,44+,45-,46-,47+,48+,49-,51-,52-,53-,54+,55-/m1/s1. The molecule has 0 unspecified atom stereocenters. The number of hydrogen-bond donors (Lipinski definition) is 11. The maximum atomic E-state index is 13.4. The third-order valence-electron chi connectivity index (χ3n) is 13.0. The van der Waals surface area contributed by atoms with Crippen molar-refractivity contribution in [1.82, 2.24) is 0 Å². The summed E-state index contributed by atoms with van der Waals surface area (Å²) in [6.07, 6.45) is -23.0. The number of carbonyl (C=O) groups is 3. The summed E-state index contributed by atoms with van der Waals surface area (Å²) in [7, 11) is 2.64. The molecule has 83 heavy (non-hydrogen) atoms. The predicted octanol–water partition coefficient (Wildman–Crippen LogP) is -0.104. The summed E-state index contributed by atoms with van der Waals surface area (Å²) in [5, 5.41) is 117. The van der Waals surface area contributed by atoms with Crippen LogP contribution >= 0.6 is 0 Å². The summed E-state index contributed by atoms with van der Waals surface area (Å²) in [4.78, 5) is 60.5. The second-order valence-electron chi connectivity index (χ2n) is 18.8. The topological polar surface area (TPSA) is 427 Å². The maximum absolute atomic E-state index is 13.4. The minimum Gasteiger partial charge on any atom is -0.508 e. The molecule has 1 aliphatic carbocycles. The van der Waals surface area contributed by atoms with Crippen molar-refractivity contribution in [2.75, 3.05) is 34.0 Å². The molecule has 28 nitrogen and oxygen atoms in total. The van der Waals surface area contributed by atoms with Crippen LogP contribution in [0.3, 0.4) is 0 Å². The zero-order chi connectivity index (χ0) is 59.8. The van der Waals surface area contributed by atoms with Gasteiger partial charge in [0.2, 0.25) is 19.2 Å². The fourth-order valence-corrected chi connectivity index (χ4v) is 8.67. The normalized spacial score (nSPS) is 27.2. The average Bonchev–Trinajstić information content (AvgIpc) is 2.85. The molecule has 8 rings (SSSR count). The van der Waals surface area contributed by atoms with Gasteiger partial charge in [-0.2, -0.15) is 0 Å². The van der Waals surface area contributed by atoms with Crippen LogP contribution < -0.4 is 24.4 Å². The minimum absolute atomic E-state index is 0.0795. The molecule has 0 radical (unpaired) electrons. The van der Waals surface area contributed by atoms with E-state index in [1.807, 2.05) is 0 Å². The summed E-state index contributed by atoms with van der Waals surface area (Å²) in [5.74, 6) is -6.25. The first-order chi connectivity index (χ1) is 39.6. The number of fused-ring (bicyclic) bond motifs is 1. The monoisotopic (exact) mass is 1170 g/mol. The Morgan fingerprint density at radius 3 is 1.88 bits per heavy atom. The van der Waals surface area contributed by atoms with Crippen LogP contribution in [0.2, 0.25) is 0 Å². The van der Waals surface area contributed by atoms with Crippen molar-refractivity contribution in [3.8, 4) is 62.9 Å².